The molecule has 0 spiro atoms. The van der Waals surface area contributed by atoms with Crippen molar-refractivity contribution in [3.8, 4) is 11.3 Å². The van der Waals surface area contributed by atoms with Gasteiger partial charge in [-0.25, -0.2) is 9.78 Å². The van der Waals surface area contributed by atoms with Crippen molar-refractivity contribution in [2.45, 2.75) is 26.3 Å². The molecule has 1 N–H and O–H groups in total. The second kappa shape index (κ2) is 8.90. The first-order chi connectivity index (χ1) is 18.2. The van der Waals surface area contributed by atoms with Crippen LogP contribution >= 0.6 is 0 Å². The number of aromatic amines is 1. The summed E-state index contributed by atoms with van der Waals surface area (Å²) in [5.74, 6) is 0.466. The zero-order valence-corrected chi connectivity index (χ0v) is 22.1. The minimum atomic E-state index is -0.514. The minimum absolute atomic E-state index is 0.150. The number of likely N-dealkylation sites (N-methyl/N-ethyl adjacent to an activating group) is 1. The van der Waals surface area contributed by atoms with Crippen LogP contribution in [-0.2, 0) is 0 Å². The van der Waals surface area contributed by atoms with Crippen molar-refractivity contribution in [2.24, 2.45) is 0 Å². The minimum Gasteiger partial charge on any atom is -0.422 e. The number of rotatable bonds is 3. The molecule has 2 aliphatic heterocycles. The summed E-state index contributed by atoms with van der Waals surface area (Å²) in [7, 11) is 2.04. The van der Waals surface area contributed by atoms with Crippen LogP contribution in [0.5, 0.6) is 0 Å². The van der Waals surface area contributed by atoms with Gasteiger partial charge in [0.2, 0.25) is 5.95 Å². The fourth-order valence-corrected chi connectivity index (χ4v) is 5.49. The normalized spacial score (nSPS) is 16.9. The highest BCUT2D eigenvalue weighted by molar-refractivity contribution is 5.92. The van der Waals surface area contributed by atoms with E-state index in [2.05, 4.69) is 58.7 Å². The first kappa shape index (κ1) is 24.0. The summed E-state index contributed by atoms with van der Waals surface area (Å²) >= 11 is 0. The largest absolute Gasteiger partial charge is 0.422 e. The molecule has 0 amide bonds. The van der Waals surface area contributed by atoms with Crippen molar-refractivity contribution in [1.29, 1.82) is 0 Å². The Labute approximate surface area is 220 Å². The molecule has 0 saturated carbocycles. The van der Waals surface area contributed by atoms with Gasteiger partial charge in [-0.05, 0) is 50.6 Å². The van der Waals surface area contributed by atoms with Gasteiger partial charge in [-0.15, -0.1) is 0 Å². The SMILES string of the molecule is CC1=CC(C)(C)N(C)c2cc3oc(=O)c(-c4cc(=O)[nH]c(N5CCN(c6ccccc6)CC5)n4)cc3cc21. The fourth-order valence-electron chi connectivity index (χ4n) is 5.49. The zero-order chi connectivity index (χ0) is 26.6. The molecule has 2 aromatic carbocycles. The molecule has 8 nitrogen and oxygen atoms in total. The van der Waals surface area contributed by atoms with Crippen molar-refractivity contribution < 1.29 is 4.42 Å². The lowest BCUT2D eigenvalue weighted by molar-refractivity contribution is 0.561. The van der Waals surface area contributed by atoms with E-state index in [0.717, 1.165) is 29.7 Å². The Morgan fingerprint density at radius 3 is 2.34 bits per heavy atom. The van der Waals surface area contributed by atoms with Crippen molar-refractivity contribution in [3.05, 3.63) is 87.0 Å². The van der Waals surface area contributed by atoms with Gasteiger partial charge in [0.15, 0.2) is 0 Å². The molecule has 0 bridgehead atoms. The number of nitrogens with one attached hydrogen (secondary N) is 1. The van der Waals surface area contributed by atoms with Crippen LogP contribution in [0.1, 0.15) is 26.3 Å². The van der Waals surface area contributed by atoms with E-state index < -0.39 is 5.63 Å². The molecule has 0 unspecified atom stereocenters. The van der Waals surface area contributed by atoms with Gasteiger partial charge < -0.3 is 19.1 Å². The van der Waals surface area contributed by atoms with E-state index >= 15 is 0 Å². The predicted octanol–water partition coefficient (Wildman–Crippen LogP) is 4.50. The molecular weight excluding hydrogens is 478 g/mol. The van der Waals surface area contributed by atoms with Gasteiger partial charge in [-0.1, -0.05) is 24.3 Å². The maximum Gasteiger partial charge on any atom is 0.345 e. The highest BCUT2D eigenvalue weighted by Crippen LogP contribution is 2.40. The van der Waals surface area contributed by atoms with E-state index in [1.165, 1.54) is 17.3 Å². The molecule has 194 valence electrons. The van der Waals surface area contributed by atoms with Gasteiger partial charge in [0.05, 0.1) is 16.8 Å². The smallest absolute Gasteiger partial charge is 0.345 e. The molecule has 0 radical (unpaired) electrons. The summed E-state index contributed by atoms with van der Waals surface area (Å²) in [5, 5.41) is 0.791. The maximum atomic E-state index is 13.1. The van der Waals surface area contributed by atoms with Crippen molar-refractivity contribution in [1.82, 2.24) is 9.97 Å². The number of benzene rings is 2. The molecule has 6 rings (SSSR count). The van der Waals surface area contributed by atoms with E-state index in [1.54, 1.807) is 6.07 Å². The summed E-state index contributed by atoms with van der Waals surface area (Å²) in [5.41, 5.74) is 4.59. The van der Waals surface area contributed by atoms with Gasteiger partial charge in [-0.2, -0.15) is 0 Å². The van der Waals surface area contributed by atoms with Gasteiger partial charge in [0, 0.05) is 67.7 Å². The second-order valence-corrected chi connectivity index (χ2v) is 10.7. The molecule has 1 fully saturated rings. The molecule has 0 atom stereocenters. The number of hydrogen-bond acceptors (Lipinski definition) is 7. The number of para-hydroxylation sites is 1. The highest BCUT2D eigenvalue weighted by atomic mass is 16.4. The van der Waals surface area contributed by atoms with Crippen molar-refractivity contribution in [2.75, 3.05) is 47.9 Å². The average Bonchev–Trinajstić information content (AvgIpc) is 2.91. The van der Waals surface area contributed by atoms with Crippen LogP contribution in [-0.4, -0.2) is 48.7 Å². The first-order valence-corrected chi connectivity index (χ1v) is 12.9. The third kappa shape index (κ3) is 4.16. The van der Waals surface area contributed by atoms with E-state index in [0.29, 0.717) is 30.3 Å². The number of fused-ring (bicyclic) bond motifs is 2. The molecule has 1 saturated heterocycles. The van der Waals surface area contributed by atoms with E-state index in [9.17, 15) is 9.59 Å². The Kier molecular flexibility index (Phi) is 5.63. The van der Waals surface area contributed by atoms with Gasteiger partial charge in [0.1, 0.15) is 5.58 Å². The third-order valence-electron chi connectivity index (χ3n) is 7.78. The lowest BCUT2D eigenvalue weighted by Gasteiger charge is -2.40. The van der Waals surface area contributed by atoms with Crippen LogP contribution in [0.4, 0.5) is 17.3 Å². The summed E-state index contributed by atoms with van der Waals surface area (Å²) in [6.45, 7) is 9.42. The van der Waals surface area contributed by atoms with E-state index in [4.69, 9.17) is 9.40 Å². The predicted molar refractivity (Wildman–Crippen MR) is 153 cm³/mol. The van der Waals surface area contributed by atoms with Gasteiger partial charge in [-0.3, -0.25) is 9.78 Å². The molecular formula is C30H31N5O3. The molecule has 2 aromatic heterocycles. The van der Waals surface area contributed by atoms with Crippen LogP contribution < -0.4 is 25.9 Å². The van der Waals surface area contributed by atoms with Crippen LogP contribution in [0.15, 0.2) is 74.7 Å². The van der Waals surface area contributed by atoms with Crippen LogP contribution in [0.3, 0.4) is 0 Å². The number of H-pyrrole nitrogens is 1. The lowest BCUT2D eigenvalue weighted by Crippen LogP contribution is -2.47. The van der Waals surface area contributed by atoms with Crippen molar-refractivity contribution >= 4 is 33.9 Å². The average molecular weight is 510 g/mol. The number of anilines is 3. The van der Waals surface area contributed by atoms with Crippen molar-refractivity contribution in [3.63, 3.8) is 0 Å². The Morgan fingerprint density at radius 2 is 1.61 bits per heavy atom. The molecule has 0 aliphatic carbocycles. The molecule has 38 heavy (non-hydrogen) atoms. The Hall–Kier alpha value is -4.33. The van der Waals surface area contributed by atoms with Gasteiger partial charge >= 0.3 is 5.63 Å². The standard InChI is InChI=1S/C30H31N5O3/c1-19-18-30(2,3)33(4)25-17-26-20(14-22(19)25)15-23(28(37)38-26)24-16-27(36)32-29(31-24)35-12-10-34(11-13-35)21-8-6-5-7-9-21/h5-9,14-18H,10-13H2,1-4H3,(H,31,32,36). The fraction of sp³-hybridized carbons (Fsp3) is 0.300. The number of hydrogen-bond donors (Lipinski definition) is 1. The number of nitrogens with zero attached hydrogens (tertiary/aromatic N) is 4. The Balaban J connectivity index is 1.34. The third-order valence-corrected chi connectivity index (χ3v) is 7.78. The lowest BCUT2D eigenvalue weighted by atomic mass is 9.88. The van der Waals surface area contributed by atoms with Crippen LogP contribution in [0, 0.1) is 0 Å². The quantitative estimate of drug-likeness (QED) is 0.407. The summed E-state index contributed by atoms with van der Waals surface area (Å²) < 4.78 is 5.78. The topological polar surface area (TPSA) is 85.7 Å². The summed E-state index contributed by atoms with van der Waals surface area (Å²) in [6.07, 6.45) is 2.24. The number of allylic oxidation sites excluding steroid dienone is 1. The van der Waals surface area contributed by atoms with E-state index in [1.807, 2.05) is 37.4 Å². The van der Waals surface area contributed by atoms with Crippen LogP contribution in [0.2, 0.25) is 0 Å². The first-order valence-electron chi connectivity index (χ1n) is 12.9. The Bertz CT molecular complexity index is 1680. The number of aromatic nitrogens is 2. The summed E-state index contributed by atoms with van der Waals surface area (Å²) in [4.78, 5) is 39.8. The second-order valence-electron chi connectivity index (χ2n) is 10.7. The Morgan fingerprint density at radius 1 is 0.921 bits per heavy atom. The van der Waals surface area contributed by atoms with E-state index in [-0.39, 0.29) is 16.7 Å². The zero-order valence-electron chi connectivity index (χ0n) is 22.1. The monoisotopic (exact) mass is 509 g/mol. The molecule has 4 heterocycles. The molecule has 8 heteroatoms. The maximum absolute atomic E-state index is 13.1. The summed E-state index contributed by atoms with van der Waals surface area (Å²) in [6, 6.07) is 17.4. The van der Waals surface area contributed by atoms with Gasteiger partial charge in [0.25, 0.3) is 5.56 Å². The molecule has 2 aliphatic rings. The number of piperazine rings is 1. The highest BCUT2D eigenvalue weighted by Gasteiger charge is 2.29. The van der Waals surface area contributed by atoms with Crippen LogP contribution in [0.25, 0.3) is 27.8 Å². The molecule has 4 aromatic rings.